The van der Waals surface area contributed by atoms with Crippen LogP contribution in [0.3, 0.4) is 0 Å². The molecule has 1 aromatic rings. The third-order valence-corrected chi connectivity index (χ3v) is 3.33. The van der Waals surface area contributed by atoms with Gasteiger partial charge in [0.05, 0.1) is 5.01 Å². The summed E-state index contributed by atoms with van der Waals surface area (Å²) in [5.41, 5.74) is 1.15. The maximum atomic E-state index is 5.30. The van der Waals surface area contributed by atoms with Crippen molar-refractivity contribution in [1.29, 1.82) is 0 Å². The topological polar surface area (TPSA) is 22.1 Å². The average Bonchev–Trinajstić information content (AvgIpc) is 2.69. The Morgan fingerprint density at radius 2 is 2.00 bits per heavy atom. The molecule has 0 amide bonds. The average molecular weight is 213 g/mol. The standard InChI is InChI=1S/C9H13NOS.C2H6/c1-7-6-12-9(10-7)8-2-4-11-5-3-8;1-2/h6,8H,2-5H2,1H3;1-2H3. The van der Waals surface area contributed by atoms with Gasteiger partial charge in [0.2, 0.25) is 0 Å². The summed E-state index contributed by atoms with van der Waals surface area (Å²) in [5, 5.41) is 3.43. The van der Waals surface area contributed by atoms with E-state index in [1.807, 2.05) is 13.8 Å². The number of rotatable bonds is 1. The molecule has 14 heavy (non-hydrogen) atoms. The maximum Gasteiger partial charge on any atom is 0.0960 e. The Labute approximate surface area is 90.3 Å². The van der Waals surface area contributed by atoms with Gasteiger partial charge in [-0.05, 0) is 19.8 Å². The summed E-state index contributed by atoms with van der Waals surface area (Å²) in [6.45, 7) is 7.87. The Morgan fingerprint density at radius 3 is 2.50 bits per heavy atom. The van der Waals surface area contributed by atoms with Crippen LogP contribution in [-0.2, 0) is 4.74 Å². The van der Waals surface area contributed by atoms with Crippen molar-refractivity contribution in [2.45, 2.75) is 39.5 Å². The number of hydrogen-bond donors (Lipinski definition) is 0. The summed E-state index contributed by atoms with van der Waals surface area (Å²) in [7, 11) is 0. The molecule has 0 atom stereocenters. The summed E-state index contributed by atoms with van der Waals surface area (Å²) in [5.74, 6) is 0.664. The molecule has 0 N–H and O–H groups in total. The predicted octanol–water partition coefficient (Wildman–Crippen LogP) is 3.37. The van der Waals surface area contributed by atoms with Crippen molar-refractivity contribution in [3.63, 3.8) is 0 Å². The Hall–Kier alpha value is -0.410. The normalized spacial score (nSPS) is 17.4. The molecule has 0 saturated carbocycles. The lowest BCUT2D eigenvalue weighted by atomic mass is 10.0. The largest absolute Gasteiger partial charge is 0.381 e. The second kappa shape index (κ2) is 6.14. The lowest BCUT2D eigenvalue weighted by molar-refractivity contribution is 0.0852. The van der Waals surface area contributed by atoms with E-state index >= 15 is 0 Å². The highest BCUT2D eigenvalue weighted by atomic mass is 32.1. The minimum atomic E-state index is 0.664. The molecule has 0 unspecified atom stereocenters. The molecule has 0 aliphatic carbocycles. The highest BCUT2D eigenvalue weighted by molar-refractivity contribution is 7.09. The molecular formula is C11H19NOS. The molecule has 2 nitrogen and oxygen atoms in total. The van der Waals surface area contributed by atoms with Crippen LogP contribution in [0.4, 0.5) is 0 Å². The second-order valence-corrected chi connectivity index (χ2v) is 4.10. The number of thiazole rings is 1. The summed E-state index contributed by atoms with van der Waals surface area (Å²) in [4.78, 5) is 4.50. The van der Waals surface area contributed by atoms with Gasteiger partial charge in [0, 0.05) is 30.2 Å². The van der Waals surface area contributed by atoms with E-state index in [2.05, 4.69) is 17.3 Å². The monoisotopic (exact) mass is 213 g/mol. The van der Waals surface area contributed by atoms with Gasteiger partial charge in [0.15, 0.2) is 0 Å². The van der Waals surface area contributed by atoms with Gasteiger partial charge in [0.25, 0.3) is 0 Å². The molecule has 0 spiro atoms. The van der Waals surface area contributed by atoms with Crippen LogP contribution >= 0.6 is 11.3 Å². The molecule has 1 fully saturated rings. The highest BCUT2D eigenvalue weighted by Gasteiger charge is 2.18. The Morgan fingerprint density at radius 1 is 1.36 bits per heavy atom. The van der Waals surface area contributed by atoms with Gasteiger partial charge in [-0.15, -0.1) is 11.3 Å². The SMILES string of the molecule is CC.Cc1csc(C2CCOCC2)n1. The summed E-state index contributed by atoms with van der Waals surface area (Å²) in [6.07, 6.45) is 2.29. The fourth-order valence-corrected chi connectivity index (χ4v) is 2.47. The van der Waals surface area contributed by atoms with Gasteiger partial charge in [-0.25, -0.2) is 4.98 Å². The van der Waals surface area contributed by atoms with E-state index in [-0.39, 0.29) is 0 Å². The van der Waals surface area contributed by atoms with Crippen LogP contribution < -0.4 is 0 Å². The zero-order valence-corrected chi connectivity index (χ0v) is 10.1. The molecule has 2 heterocycles. The van der Waals surface area contributed by atoms with Crippen molar-refractivity contribution < 1.29 is 4.74 Å². The van der Waals surface area contributed by atoms with E-state index in [1.165, 1.54) is 5.01 Å². The fourth-order valence-electron chi connectivity index (χ4n) is 1.50. The van der Waals surface area contributed by atoms with E-state index in [0.29, 0.717) is 5.92 Å². The van der Waals surface area contributed by atoms with E-state index in [9.17, 15) is 0 Å². The molecule has 1 aromatic heterocycles. The van der Waals surface area contributed by atoms with Gasteiger partial charge in [0.1, 0.15) is 0 Å². The van der Waals surface area contributed by atoms with Gasteiger partial charge in [-0.2, -0.15) is 0 Å². The van der Waals surface area contributed by atoms with E-state index in [0.717, 1.165) is 31.7 Å². The van der Waals surface area contributed by atoms with Crippen LogP contribution in [0.15, 0.2) is 5.38 Å². The summed E-state index contributed by atoms with van der Waals surface area (Å²) < 4.78 is 5.30. The highest BCUT2D eigenvalue weighted by Crippen LogP contribution is 2.28. The van der Waals surface area contributed by atoms with Crippen LogP contribution in [0, 0.1) is 6.92 Å². The molecule has 2 rings (SSSR count). The molecule has 3 heteroatoms. The van der Waals surface area contributed by atoms with E-state index < -0.39 is 0 Å². The van der Waals surface area contributed by atoms with Gasteiger partial charge in [-0.1, -0.05) is 13.8 Å². The fraction of sp³-hybridized carbons (Fsp3) is 0.727. The first-order valence-electron chi connectivity index (χ1n) is 5.36. The number of hydrogen-bond acceptors (Lipinski definition) is 3. The van der Waals surface area contributed by atoms with Crippen LogP contribution in [0.5, 0.6) is 0 Å². The van der Waals surface area contributed by atoms with Crippen molar-refractivity contribution in [3.8, 4) is 0 Å². The number of aryl methyl sites for hydroxylation is 1. The first-order valence-corrected chi connectivity index (χ1v) is 6.24. The van der Waals surface area contributed by atoms with E-state index in [4.69, 9.17) is 4.74 Å². The van der Waals surface area contributed by atoms with Crippen molar-refractivity contribution in [1.82, 2.24) is 4.98 Å². The quantitative estimate of drug-likeness (QED) is 0.713. The molecule has 0 aromatic carbocycles. The molecule has 1 aliphatic rings. The summed E-state index contributed by atoms with van der Waals surface area (Å²) in [6, 6.07) is 0. The van der Waals surface area contributed by atoms with E-state index in [1.54, 1.807) is 11.3 Å². The lowest BCUT2D eigenvalue weighted by Gasteiger charge is -2.19. The van der Waals surface area contributed by atoms with Gasteiger partial charge in [-0.3, -0.25) is 0 Å². The zero-order chi connectivity index (χ0) is 10.4. The van der Waals surface area contributed by atoms with Gasteiger partial charge < -0.3 is 4.74 Å². The molecule has 1 saturated heterocycles. The Bertz CT molecular complexity index is 254. The van der Waals surface area contributed by atoms with Crippen LogP contribution in [-0.4, -0.2) is 18.2 Å². The second-order valence-electron chi connectivity index (χ2n) is 3.21. The van der Waals surface area contributed by atoms with Crippen molar-refractivity contribution in [3.05, 3.63) is 16.1 Å². The van der Waals surface area contributed by atoms with Crippen LogP contribution in [0.1, 0.15) is 43.3 Å². The first kappa shape index (κ1) is 11.7. The van der Waals surface area contributed by atoms with Crippen molar-refractivity contribution >= 4 is 11.3 Å². The van der Waals surface area contributed by atoms with Crippen molar-refractivity contribution in [2.75, 3.05) is 13.2 Å². The lowest BCUT2D eigenvalue weighted by Crippen LogP contribution is -2.13. The molecule has 1 aliphatic heterocycles. The van der Waals surface area contributed by atoms with Gasteiger partial charge >= 0.3 is 0 Å². The summed E-state index contributed by atoms with van der Waals surface area (Å²) >= 11 is 1.79. The molecule has 0 radical (unpaired) electrons. The molecule has 0 bridgehead atoms. The van der Waals surface area contributed by atoms with Crippen LogP contribution in [0.2, 0.25) is 0 Å². The number of aromatic nitrogens is 1. The minimum Gasteiger partial charge on any atom is -0.381 e. The third-order valence-electron chi connectivity index (χ3n) is 2.21. The minimum absolute atomic E-state index is 0.664. The molecule has 80 valence electrons. The number of ether oxygens (including phenoxy) is 1. The smallest absolute Gasteiger partial charge is 0.0960 e. The third kappa shape index (κ3) is 3.07. The predicted molar refractivity (Wildman–Crippen MR) is 61.0 cm³/mol. The Kier molecular flexibility index (Phi) is 5.12. The first-order chi connectivity index (χ1) is 6.86. The van der Waals surface area contributed by atoms with Crippen LogP contribution in [0.25, 0.3) is 0 Å². The molecular weight excluding hydrogens is 194 g/mol. The number of nitrogens with zero attached hydrogens (tertiary/aromatic N) is 1. The van der Waals surface area contributed by atoms with Crippen molar-refractivity contribution in [2.24, 2.45) is 0 Å². The Balaban J connectivity index is 0.000000461. The maximum absolute atomic E-state index is 5.30. The zero-order valence-electron chi connectivity index (χ0n) is 9.25.